The molecule has 0 radical (unpaired) electrons. The third-order valence-corrected chi connectivity index (χ3v) is 4.48. The van der Waals surface area contributed by atoms with Gasteiger partial charge in [-0.05, 0) is 43.4 Å². The van der Waals surface area contributed by atoms with Crippen molar-refractivity contribution in [1.29, 1.82) is 0 Å². The van der Waals surface area contributed by atoms with Gasteiger partial charge in [-0.3, -0.25) is 0 Å². The normalized spacial score (nSPS) is 29.4. The van der Waals surface area contributed by atoms with Crippen molar-refractivity contribution in [3.8, 4) is 0 Å². The van der Waals surface area contributed by atoms with Crippen molar-refractivity contribution in [3.63, 3.8) is 0 Å². The third-order valence-electron chi connectivity index (χ3n) is 4.48. The Morgan fingerprint density at radius 2 is 1.89 bits per heavy atom. The zero-order chi connectivity index (χ0) is 13.1. The monoisotopic (exact) mass is 264 g/mol. The van der Waals surface area contributed by atoms with Crippen LogP contribution in [0, 0.1) is 17.8 Å². The molecule has 1 N–H and O–H groups in total. The minimum absolute atomic E-state index is 0.0874. The topological polar surface area (TPSA) is 41.6 Å². The second-order valence-corrected chi connectivity index (χ2v) is 6.12. The number of nitrogens with zero attached hydrogens (tertiary/aromatic N) is 1. The Hall–Kier alpha value is -1.03. The van der Waals surface area contributed by atoms with E-state index in [9.17, 15) is 4.79 Å². The molecule has 2 fully saturated rings. The number of likely N-dealkylation sites (tertiary alicyclic amines) is 1. The lowest BCUT2D eigenvalue weighted by Gasteiger charge is -2.17. The highest BCUT2D eigenvalue weighted by Crippen LogP contribution is 2.32. The van der Waals surface area contributed by atoms with Crippen LogP contribution in [0.4, 0.5) is 4.79 Å². The summed E-state index contributed by atoms with van der Waals surface area (Å²) in [6.07, 6.45) is 9.42. The van der Waals surface area contributed by atoms with Crippen molar-refractivity contribution in [3.05, 3.63) is 12.2 Å². The molecule has 0 bridgehead atoms. The summed E-state index contributed by atoms with van der Waals surface area (Å²) in [6, 6.07) is 0.0874. The molecule has 2 atom stereocenters. The number of carbonyl (C=O) groups excluding carboxylic acids is 1. The molecule has 0 aromatic carbocycles. The Labute approximate surface area is 115 Å². The van der Waals surface area contributed by atoms with E-state index in [0.717, 1.165) is 38.5 Å². The first-order chi connectivity index (χ1) is 9.33. The summed E-state index contributed by atoms with van der Waals surface area (Å²) in [5, 5.41) is 2.97. The summed E-state index contributed by atoms with van der Waals surface area (Å²) < 4.78 is 5.52. The molecule has 1 saturated carbocycles. The lowest BCUT2D eigenvalue weighted by atomic mass is 9.86. The highest BCUT2D eigenvalue weighted by atomic mass is 16.5. The number of amides is 2. The number of allylic oxidation sites excluding steroid dienone is 2. The van der Waals surface area contributed by atoms with Gasteiger partial charge in [0.15, 0.2) is 0 Å². The molecule has 2 aliphatic carbocycles. The van der Waals surface area contributed by atoms with E-state index in [1.54, 1.807) is 0 Å². The van der Waals surface area contributed by atoms with E-state index in [1.807, 2.05) is 4.90 Å². The minimum atomic E-state index is 0.0874. The van der Waals surface area contributed by atoms with Crippen LogP contribution in [-0.4, -0.2) is 43.8 Å². The molecule has 106 valence electrons. The highest BCUT2D eigenvalue weighted by Gasteiger charge is 2.34. The van der Waals surface area contributed by atoms with E-state index >= 15 is 0 Å². The summed E-state index contributed by atoms with van der Waals surface area (Å²) in [5.74, 6) is 2.16. The van der Waals surface area contributed by atoms with Gasteiger partial charge in [0.05, 0.1) is 6.61 Å². The number of urea groups is 1. The Balaban J connectivity index is 1.32. The average Bonchev–Trinajstić information content (AvgIpc) is 3.14. The van der Waals surface area contributed by atoms with Crippen molar-refractivity contribution in [1.82, 2.24) is 10.2 Å². The fourth-order valence-corrected chi connectivity index (χ4v) is 3.06. The number of carbonyl (C=O) groups is 1. The van der Waals surface area contributed by atoms with Gasteiger partial charge in [-0.1, -0.05) is 12.2 Å². The first-order valence-corrected chi connectivity index (χ1v) is 7.58. The fraction of sp³-hybridized carbons (Fsp3) is 0.800. The minimum Gasteiger partial charge on any atom is -0.379 e. The predicted molar refractivity (Wildman–Crippen MR) is 73.9 cm³/mol. The molecule has 0 spiro atoms. The van der Waals surface area contributed by atoms with Gasteiger partial charge >= 0.3 is 6.03 Å². The van der Waals surface area contributed by atoms with Gasteiger partial charge in [0.2, 0.25) is 0 Å². The maximum Gasteiger partial charge on any atom is 0.317 e. The standard InChI is InChI=1S/C15H24N2O2/c18-15(16-7-8-19-11-12-5-6-12)17-9-13-3-1-2-4-14(13)10-17/h1-2,12-14H,3-11H2,(H,16,18). The maximum atomic E-state index is 12.0. The number of hydrogen-bond acceptors (Lipinski definition) is 2. The van der Waals surface area contributed by atoms with Gasteiger partial charge in [0.1, 0.15) is 0 Å². The second-order valence-electron chi connectivity index (χ2n) is 6.12. The van der Waals surface area contributed by atoms with Crippen molar-refractivity contribution in [2.45, 2.75) is 25.7 Å². The zero-order valence-electron chi connectivity index (χ0n) is 11.5. The molecule has 4 nitrogen and oxygen atoms in total. The summed E-state index contributed by atoms with van der Waals surface area (Å²) in [6.45, 7) is 3.99. The molecule has 2 amide bonds. The third kappa shape index (κ3) is 3.50. The van der Waals surface area contributed by atoms with Crippen molar-refractivity contribution >= 4 is 6.03 Å². The van der Waals surface area contributed by atoms with Crippen LogP contribution >= 0.6 is 0 Å². The van der Waals surface area contributed by atoms with Crippen molar-refractivity contribution < 1.29 is 9.53 Å². The molecule has 4 heteroatoms. The van der Waals surface area contributed by atoms with Crippen molar-refractivity contribution in [2.75, 3.05) is 32.8 Å². The molecule has 1 aliphatic heterocycles. The Bertz CT molecular complexity index is 336. The fourth-order valence-electron chi connectivity index (χ4n) is 3.06. The molecule has 3 aliphatic rings. The number of ether oxygens (including phenoxy) is 1. The SMILES string of the molecule is O=C(NCCOCC1CC1)N1CC2CC=CCC2C1. The van der Waals surface area contributed by atoms with Crippen LogP contribution in [0.15, 0.2) is 12.2 Å². The van der Waals surface area contributed by atoms with Crippen LogP contribution in [0.25, 0.3) is 0 Å². The van der Waals surface area contributed by atoms with Crippen LogP contribution in [0.1, 0.15) is 25.7 Å². The van der Waals surface area contributed by atoms with E-state index in [1.165, 1.54) is 12.8 Å². The number of hydrogen-bond donors (Lipinski definition) is 1. The van der Waals surface area contributed by atoms with Gasteiger partial charge in [-0.15, -0.1) is 0 Å². The lowest BCUT2D eigenvalue weighted by Crippen LogP contribution is -2.40. The Morgan fingerprint density at radius 3 is 2.53 bits per heavy atom. The smallest absolute Gasteiger partial charge is 0.317 e. The summed E-state index contributed by atoms with van der Waals surface area (Å²) in [5.41, 5.74) is 0. The molecule has 1 saturated heterocycles. The summed E-state index contributed by atoms with van der Waals surface area (Å²) in [7, 11) is 0. The van der Waals surface area contributed by atoms with Crippen LogP contribution in [0.3, 0.4) is 0 Å². The van der Waals surface area contributed by atoms with Crippen LogP contribution < -0.4 is 5.32 Å². The van der Waals surface area contributed by atoms with E-state index in [-0.39, 0.29) is 6.03 Å². The molecule has 1 heterocycles. The summed E-state index contributed by atoms with van der Waals surface area (Å²) in [4.78, 5) is 14.0. The van der Waals surface area contributed by atoms with Gasteiger partial charge in [-0.25, -0.2) is 4.79 Å². The Morgan fingerprint density at radius 1 is 1.21 bits per heavy atom. The lowest BCUT2D eigenvalue weighted by molar-refractivity contribution is 0.125. The van der Waals surface area contributed by atoms with Crippen LogP contribution in [-0.2, 0) is 4.74 Å². The molecule has 0 aromatic rings. The number of rotatable bonds is 5. The molecule has 2 unspecified atom stereocenters. The highest BCUT2D eigenvalue weighted by molar-refractivity contribution is 5.74. The summed E-state index contributed by atoms with van der Waals surface area (Å²) >= 11 is 0. The van der Waals surface area contributed by atoms with Crippen LogP contribution in [0.2, 0.25) is 0 Å². The average molecular weight is 264 g/mol. The van der Waals surface area contributed by atoms with E-state index in [0.29, 0.717) is 25.0 Å². The molecular weight excluding hydrogens is 240 g/mol. The van der Waals surface area contributed by atoms with Crippen molar-refractivity contribution in [2.24, 2.45) is 17.8 Å². The maximum absolute atomic E-state index is 12.0. The predicted octanol–water partition coefficient (Wildman–Crippen LogP) is 2.02. The first kappa shape index (κ1) is 13.0. The first-order valence-electron chi connectivity index (χ1n) is 7.58. The largest absolute Gasteiger partial charge is 0.379 e. The second kappa shape index (κ2) is 5.95. The number of nitrogens with one attached hydrogen (secondary N) is 1. The molecule has 0 aromatic heterocycles. The van der Waals surface area contributed by atoms with Crippen LogP contribution in [0.5, 0.6) is 0 Å². The zero-order valence-corrected chi connectivity index (χ0v) is 11.5. The van der Waals surface area contributed by atoms with Gasteiger partial charge in [-0.2, -0.15) is 0 Å². The number of fused-ring (bicyclic) bond motifs is 1. The molecule has 19 heavy (non-hydrogen) atoms. The van der Waals surface area contributed by atoms with Gasteiger partial charge < -0.3 is 15.0 Å². The van der Waals surface area contributed by atoms with E-state index in [4.69, 9.17) is 4.74 Å². The molecule has 3 rings (SSSR count). The van der Waals surface area contributed by atoms with E-state index in [2.05, 4.69) is 17.5 Å². The molecular formula is C15H24N2O2. The quantitative estimate of drug-likeness (QED) is 0.610. The Kier molecular flexibility index (Phi) is 4.06. The van der Waals surface area contributed by atoms with Gasteiger partial charge in [0.25, 0.3) is 0 Å². The van der Waals surface area contributed by atoms with Gasteiger partial charge in [0, 0.05) is 26.2 Å². The van der Waals surface area contributed by atoms with E-state index < -0.39 is 0 Å².